The lowest BCUT2D eigenvalue weighted by Crippen LogP contribution is -2.35. The predicted octanol–water partition coefficient (Wildman–Crippen LogP) is 2.59. The van der Waals surface area contributed by atoms with Crippen LogP contribution in [0.15, 0.2) is 46.6 Å². The summed E-state index contributed by atoms with van der Waals surface area (Å²) in [7, 11) is 0. The van der Waals surface area contributed by atoms with Crippen molar-refractivity contribution in [2.45, 2.75) is 85.9 Å². The number of rotatable bonds is 12. The number of aliphatic carboxylic acids is 1. The van der Waals surface area contributed by atoms with E-state index in [0.29, 0.717) is 5.57 Å². The summed E-state index contributed by atoms with van der Waals surface area (Å²) in [5, 5.41) is 59.8. The molecule has 0 bridgehead atoms. The molecule has 0 rings (SSSR count). The molecular formula is C25H42O7. The van der Waals surface area contributed by atoms with Crippen LogP contribution in [0.1, 0.15) is 55.4 Å². The number of hydrogen-bond donors (Lipinski definition) is 6. The molecule has 0 saturated heterocycles. The van der Waals surface area contributed by atoms with Gasteiger partial charge >= 0.3 is 5.97 Å². The molecule has 0 aromatic carbocycles. The van der Waals surface area contributed by atoms with E-state index in [1.807, 2.05) is 39.8 Å². The van der Waals surface area contributed by atoms with Crippen LogP contribution in [-0.2, 0) is 4.79 Å². The van der Waals surface area contributed by atoms with Crippen LogP contribution in [0.5, 0.6) is 0 Å². The molecule has 0 spiro atoms. The van der Waals surface area contributed by atoms with Gasteiger partial charge in [-0.25, -0.2) is 4.79 Å². The number of allylic oxidation sites excluding steroid dienone is 1. The van der Waals surface area contributed by atoms with Crippen molar-refractivity contribution in [1.29, 1.82) is 0 Å². The maximum atomic E-state index is 10.8. The highest BCUT2D eigenvalue weighted by Crippen LogP contribution is 2.23. The molecule has 8 atom stereocenters. The molecule has 0 saturated carbocycles. The summed E-state index contributed by atoms with van der Waals surface area (Å²) >= 11 is 0. The lowest BCUT2D eigenvalue weighted by atomic mass is 9.88. The van der Waals surface area contributed by atoms with E-state index in [4.69, 9.17) is 5.11 Å². The molecule has 0 aromatic heterocycles. The predicted molar refractivity (Wildman–Crippen MR) is 126 cm³/mol. The average Bonchev–Trinajstić information content (AvgIpc) is 2.74. The van der Waals surface area contributed by atoms with Crippen molar-refractivity contribution in [2.75, 3.05) is 0 Å². The van der Waals surface area contributed by atoms with E-state index in [1.54, 1.807) is 26.8 Å². The SMILES string of the molecule is C/C=C(\C)[C@H](O)[C@H](C)/C=C(\C)[C@H](O)[C@H](C)/C=C(\C)[C@H](O)[C@H](C)/C=C(\C)[C@@H](O)[C@H](O)C(=O)O. The van der Waals surface area contributed by atoms with Gasteiger partial charge in [0, 0.05) is 17.8 Å². The van der Waals surface area contributed by atoms with Gasteiger partial charge in [0.2, 0.25) is 0 Å². The minimum atomic E-state index is -1.94. The Balaban J connectivity index is 5.35. The zero-order valence-electron chi connectivity index (χ0n) is 20.5. The van der Waals surface area contributed by atoms with E-state index in [1.165, 1.54) is 13.0 Å². The van der Waals surface area contributed by atoms with Gasteiger partial charge in [0.15, 0.2) is 6.10 Å². The minimum Gasteiger partial charge on any atom is -0.479 e. The summed E-state index contributed by atoms with van der Waals surface area (Å²) in [4.78, 5) is 10.8. The second kappa shape index (κ2) is 13.7. The van der Waals surface area contributed by atoms with Gasteiger partial charge in [-0.1, -0.05) is 45.1 Å². The monoisotopic (exact) mass is 454 g/mol. The van der Waals surface area contributed by atoms with E-state index in [2.05, 4.69) is 0 Å². The van der Waals surface area contributed by atoms with E-state index in [-0.39, 0.29) is 17.4 Å². The van der Waals surface area contributed by atoms with E-state index < -0.39 is 42.4 Å². The standard InChI is InChI=1S/C25H42O7/c1-9-13(2)20(26)14(3)10-15(4)21(27)16(5)11-17(6)22(28)18(7)12-19(8)23(29)24(30)25(31)32/h9-12,14,16,18,20-24,26-30H,1-8H3,(H,31,32)/b13-9+,15-10+,17-11+,19-12+/t14-,16-,18-,20+,21+,22+,23-,24+/m1/s1. The lowest BCUT2D eigenvalue weighted by molar-refractivity contribution is -0.151. The van der Waals surface area contributed by atoms with Crippen molar-refractivity contribution >= 4 is 5.97 Å². The van der Waals surface area contributed by atoms with Crippen molar-refractivity contribution < 1.29 is 35.4 Å². The molecule has 184 valence electrons. The second-order valence-corrected chi connectivity index (χ2v) is 8.90. The van der Waals surface area contributed by atoms with Crippen molar-refractivity contribution in [3.8, 4) is 0 Å². The van der Waals surface area contributed by atoms with Gasteiger partial charge < -0.3 is 30.6 Å². The van der Waals surface area contributed by atoms with Gasteiger partial charge in [0.25, 0.3) is 0 Å². The molecule has 0 aliphatic carbocycles. The fourth-order valence-corrected chi connectivity index (χ4v) is 3.61. The number of hydrogen-bond acceptors (Lipinski definition) is 6. The molecule has 6 N–H and O–H groups in total. The van der Waals surface area contributed by atoms with Crippen LogP contribution >= 0.6 is 0 Å². The Morgan fingerprint density at radius 3 is 1.12 bits per heavy atom. The Hall–Kier alpha value is -1.77. The molecule has 0 aliphatic rings. The smallest absolute Gasteiger partial charge is 0.335 e. The topological polar surface area (TPSA) is 138 Å². The summed E-state index contributed by atoms with van der Waals surface area (Å²) in [6, 6.07) is 0. The minimum absolute atomic E-state index is 0.163. The highest BCUT2D eigenvalue weighted by molar-refractivity contribution is 5.73. The number of carbonyl (C=O) groups is 1. The van der Waals surface area contributed by atoms with Crippen molar-refractivity contribution in [1.82, 2.24) is 0 Å². The van der Waals surface area contributed by atoms with Crippen LogP contribution in [0, 0.1) is 17.8 Å². The first-order valence-electron chi connectivity index (χ1n) is 11.0. The zero-order chi connectivity index (χ0) is 25.3. The first-order chi connectivity index (χ1) is 14.6. The average molecular weight is 455 g/mol. The molecule has 0 aromatic rings. The molecule has 0 unspecified atom stereocenters. The normalized spacial score (nSPS) is 21.9. The first-order valence-corrected chi connectivity index (χ1v) is 11.0. The summed E-state index contributed by atoms with van der Waals surface area (Å²) in [5.41, 5.74) is 2.45. The number of carboxylic acid groups (broad SMARTS) is 1. The highest BCUT2D eigenvalue weighted by atomic mass is 16.4. The number of aliphatic hydroxyl groups excluding tert-OH is 5. The fourth-order valence-electron chi connectivity index (χ4n) is 3.61. The largest absolute Gasteiger partial charge is 0.479 e. The Bertz CT molecular complexity index is 735. The maximum Gasteiger partial charge on any atom is 0.335 e. The van der Waals surface area contributed by atoms with Gasteiger partial charge in [-0.2, -0.15) is 0 Å². The summed E-state index contributed by atoms with van der Waals surface area (Å²) in [6.45, 7) is 14.2. The summed E-state index contributed by atoms with van der Waals surface area (Å²) in [6.07, 6.45) is 1.16. The van der Waals surface area contributed by atoms with Crippen LogP contribution in [0.2, 0.25) is 0 Å². The summed E-state index contributed by atoms with van der Waals surface area (Å²) < 4.78 is 0. The van der Waals surface area contributed by atoms with Gasteiger partial charge in [-0.15, -0.1) is 0 Å². The molecule has 0 aliphatic heterocycles. The Morgan fingerprint density at radius 1 is 0.562 bits per heavy atom. The van der Waals surface area contributed by atoms with Crippen molar-refractivity contribution in [2.24, 2.45) is 17.8 Å². The third-order valence-corrected chi connectivity index (χ3v) is 5.94. The molecule has 0 radical (unpaired) electrons. The second-order valence-electron chi connectivity index (χ2n) is 8.90. The van der Waals surface area contributed by atoms with Crippen LogP contribution in [-0.4, -0.2) is 67.1 Å². The molecular weight excluding hydrogens is 412 g/mol. The zero-order valence-corrected chi connectivity index (χ0v) is 20.5. The van der Waals surface area contributed by atoms with Crippen LogP contribution in [0.25, 0.3) is 0 Å². The molecule has 0 heterocycles. The first kappa shape index (κ1) is 30.2. The van der Waals surface area contributed by atoms with E-state index in [0.717, 1.165) is 11.1 Å². The Kier molecular flexibility index (Phi) is 12.9. The molecule has 32 heavy (non-hydrogen) atoms. The Morgan fingerprint density at radius 2 is 0.844 bits per heavy atom. The van der Waals surface area contributed by atoms with Crippen LogP contribution < -0.4 is 0 Å². The number of carboxylic acids is 1. The molecule has 0 fully saturated rings. The summed E-state index contributed by atoms with van der Waals surface area (Å²) in [5.74, 6) is -2.44. The molecule has 0 amide bonds. The van der Waals surface area contributed by atoms with Gasteiger partial charge in [0.1, 0.15) is 6.10 Å². The van der Waals surface area contributed by atoms with Gasteiger partial charge in [0.05, 0.1) is 18.3 Å². The highest BCUT2D eigenvalue weighted by Gasteiger charge is 2.26. The quantitative estimate of drug-likeness (QED) is 0.249. The third kappa shape index (κ3) is 9.00. The van der Waals surface area contributed by atoms with Gasteiger partial charge in [-0.05, 0) is 56.9 Å². The molecule has 7 heteroatoms. The Labute approximate surface area is 192 Å². The lowest BCUT2D eigenvalue weighted by Gasteiger charge is -2.24. The van der Waals surface area contributed by atoms with Crippen molar-refractivity contribution in [3.05, 3.63) is 46.6 Å². The van der Waals surface area contributed by atoms with Crippen LogP contribution in [0.4, 0.5) is 0 Å². The number of aliphatic hydroxyl groups is 5. The fraction of sp³-hybridized carbons (Fsp3) is 0.640. The maximum absolute atomic E-state index is 10.8. The van der Waals surface area contributed by atoms with Crippen molar-refractivity contribution in [3.63, 3.8) is 0 Å². The molecule has 7 nitrogen and oxygen atoms in total. The van der Waals surface area contributed by atoms with Crippen LogP contribution in [0.3, 0.4) is 0 Å². The van der Waals surface area contributed by atoms with E-state index in [9.17, 15) is 30.3 Å². The van der Waals surface area contributed by atoms with E-state index >= 15 is 0 Å². The third-order valence-electron chi connectivity index (χ3n) is 5.94. The van der Waals surface area contributed by atoms with Gasteiger partial charge in [-0.3, -0.25) is 0 Å².